The van der Waals surface area contributed by atoms with E-state index < -0.39 is 108 Å². The number of ether oxygens (including phenoxy) is 10. The van der Waals surface area contributed by atoms with Crippen LogP contribution in [0.25, 0.3) is 0 Å². The smallest absolute Gasteiger partial charge is 0.338 e. The van der Waals surface area contributed by atoms with E-state index in [9.17, 15) is 19.2 Å². The molecule has 3 aliphatic rings. The third kappa shape index (κ3) is 14.4. The van der Waals surface area contributed by atoms with E-state index in [1.165, 1.54) is 6.92 Å². The molecule has 18 heteroatoms. The molecule has 0 bridgehead atoms. The van der Waals surface area contributed by atoms with Crippen LogP contribution in [0.1, 0.15) is 104 Å². The van der Waals surface area contributed by atoms with E-state index in [0.717, 1.165) is 5.56 Å². The highest BCUT2D eigenvalue weighted by molar-refractivity contribution is 6.75. The predicted octanol–water partition coefficient (Wildman–Crippen LogP) is 11.6. The number of fused-ring (bicyclic) bond motifs is 1. The number of hydrogen-bond acceptors (Lipinski definition) is 16. The fraction of sp³-hybridized carbons (Fsp3) is 0.452. The molecule has 0 spiro atoms. The molecule has 8 rings (SSSR count). The fourth-order valence-corrected chi connectivity index (χ4v) is 11.0. The van der Waals surface area contributed by atoms with Gasteiger partial charge < -0.3 is 56.2 Å². The van der Waals surface area contributed by atoms with Crippen molar-refractivity contribution in [1.29, 1.82) is 0 Å². The summed E-state index contributed by atoms with van der Waals surface area (Å²) in [4.78, 5) is 55.8. The first-order valence-electron chi connectivity index (χ1n) is 27.3. The summed E-state index contributed by atoms with van der Waals surface area (Å²) in [7, 11) is -4.63. The molecule has 16 nitrogen and oxygen atoms in total. The van der Waals surface area contributed by atoms with Gasteiger partial charge in [0.1, 0.15) is 29.8 Å². The van der Waals surface area contributed by atoms with Gasteiger partial charge in [-0.2, -0.15) is 0 Å². The molecule has 5 aromatic rings. The molecule has 0 N–H and O–H groups in total. The van der Waals surface area contributed by atoms with Crippen LogP contribution in [0.2, 0.25) is 36.3 Å². The molecule has 0 aromatic heterocycles. The number of carbonyl (C=O) groups excluding carboxylic acids is 4. The van der Waals surface area contributed by atoms with Gasteiger partial charge in [-0.25, -0.2) is 14.4 Å². The van der Waals surface area contributed by atoms with Crippen LogP contribution >= 0.6 is 0 Å². The van der Waals surface area contributed by atoms with Crippen molar-refractivity contribution in [2.24, 2.45) is 0 Å². The van der Waals surface area contributed by atoms with Crippen LogP contribution in [0.5, 0.6) is 11.5 Å². The van der Waals surface area contributed by atoms with Crippen LogP contribution in [0.3, 0.4) is 0 Å². The number of rotatable bonds is 18. The average molecular weight is 1130 g/mol. The van der Waals surface area contributed by atoms with Crippen LogP contribution in [0.15, 0.2) is 140 Å². The van der Waals surface area contributed by atoms with Crippen molar-refractivity contribution in [2.45, 2.75) is 166 Å². The molecule has 0 radical (unpaired) electrons. The van der Waals surface area contributed by atoms with Crippen molar-refractivity contribution in [2.75, 3.05) is 13.2 Å². The minimum Gasteiger partial charge on any atom is -0.541 e. The Hall–Kier alpha value is -6.23. The standard InChI is InChI=1S/C62H76O16Si2/c1-39-49(72-55(64)42-25-17-13-18-26-42)51(73-56(65)43-27-19-14-20-28-43)54(74-57(66)44-29-21-15-22-30-44)60(69-39)76-52-50-48(38-68-58(75-50)45-31-23-16-24-32-45)71-59(53(52)70-40(2)63)67-36-35-41-33-34-46(77-79(9,10)61(3,4)5)47(37-41)78-80(11,12)62(6,7)8/h13-34,37,39,48-54,58-60H,35-36,38H2,1-12H3/t39-,48+,49-,50+,51+,52-,53+,54+,58+,59+,60-/m0/s1. The Morgan fingerprint density at radius 1 is 0.537 bits per heavy atom. The van der Waals surface area contributed by atoms with Crippen LogP contribution in [0.4, 0.5) is 0 Å². The summed E-state index contributed by atoms with van der Waals surface area (Å²) in [5, 5.41) is -0.154. The second-order valence-electron chi connectivity index (χ2n) is 23.4. The van der Waals surface area contributed by atoms with Crippen molar-refractivity contribution in [1.82, 2.24) is 0 Å². The second kappa shape index (κ2) is 25.3. The molecule has 5 aromatic carbocycles. The van der Waals surface area contributed by atoms with Crippen molar-refractivity contribution in [3.05, 3.63) is 167 Å². The van der Waals surface area contributed by atoms with E-state index in [1.807, 2.05) is 48.5 Å². The van der Waals surface area contributed by atoms with E-state index in [1.54, 1.807) is 97.9 Å². The maximum atomic E-state index is 14.3. The number of esters is 4. The van der Waals surface area contributed by atoms with Crippen LogP contribution in [-0.4, -0.2) is 115 Å². The van der Waals surface area contributed by atoms with Gasteiger partial charge in [0.05, 0.1) is 36.0 Å². The normalized spacial score (nSPS) is 25.3. The minimum absolute atomic E-state index is 0.0102. The number of hydrogen-bond donors (Lipinski definition) is 0. The highest BCUT2D eigenvalue weighted by atomic mass is 28.4. The summed E-state index contributed by atoms with van der Waals surface area (Å²) >= 11 is 0. The van der Waals surface area contributed by atoms with Crippen LogP contribution in [0, 0.1) is 0 Å². The van der Waals surface area contributed by atoms with Crippen molar-refractivity contribution in [3.8, 4) is 11.5 Å². The van der Waals surface area contributed by atoms with E-state index >= 15 is 0 Å². The Morgan fingerprint density at radius 2 is 1.01 bits per heavy atom. The van der Waals surface area contributed by atoms with Gasteiger partial charge in [0.15, 0.2) is 43.3 Å². The van der Waals surface area contributed by atoms with Gasteiger partial charge in [0.25, 0.3) is 16.6 Å². The molecule has 3 saturated heterocycles. The third-order valence-corrected chi connectivity index (χ3v) is 24.1. The van der Waals surface area contributed by atoms with Crippen LogP contribution < -0.4 is 8.85 Å². The third-order valence-electron chi connectivity index (χ3n) is 15.5. The highest BCUT2D eigenvalue weighted by Gasteiger charge is 2.58. The second-order valence-corrected chi connectivity index (χ2v) is 32.9. The van der Waals surface area contributed by atoms with E-state index in [-0.39, 0.29) is 40.0 Å². The molecule has 3 fully saturated rings. The topological polar surface area (TPSA) is 179 Å². The summed E-state index contributed by atoms with van der Waals surface area (Å²) in [6, 6.07) is 39.9. The number of benzene rings is 5. The SMILES string of the molecule is CC(=O)O[C@H]1[C@H](OCCc2ccc(O[Si](C)(C)C(C)(C)C)c(O[Si](C)(C)C(C)(C)C)c2)O[C@@H]2CO[C@@H](c3ccccc3)O[C@H]2[C@@H]1O[C@@H]1O[C@@H](C)[C@H](OC(=O)c2ccccc2)[C@@H](OC(=O)c2ccccc2)[C@H]1OC(=O)c1ccccc1. The lowest BCUT2D eigenvalue weighted by atomic mass is 9.95. The predicted molar refractivity (Wildman–Crippen MR) is 302 cm³/mol. The van der Waals surface area contributed by atoms with Crippen molar-refractivity contribution < 1.29 is 75.4 Å². The molecule has 11 atom stereocenters. The lowest BCUT2D eigenvalue weighted by Crippen LogP contribution is -2.67. The molecule has 3 aliphatic heterocycles. The lowest BCUT2D eigenvalue weighted by Gasteiger charge is -2.50. The lowest BCUT2D eigenvalue weighted by molar-refractivity contribution is -0.390. The zero-order valence-corrected chi connectivity index (χ0v) is 49.8. The van der Waals surface area contributed by atoms with Crippen LogP contribution in [-0.2, 0) is 58.6 Å². The van der Waals surface area contributed by atoms with Gasteiger partial charge >= 0.3 is 23.9 Å². The molecular weight excluding hydrogens is 1060 g/mol. The van der Waals surface area contributed by atoms with Gasteiger partial charge in [-0.15, -0.1) is 0 Å². The molecule has 0 unspecified atom stereocenters. The summed E-state index contributed by atoms with van der Waals surface area (Å²) in [5.74, 6) is -1.72. The maximum Gasteiger partial charge on any atom is 0.338 e. The average Bonchev–Trinajstić information content (AvgIpc) is 3.49. The molecule has 0 saturated carbocycles. The number of carbonyl (C=O) groups is 4. The van der Waals surface area contributed by atoms with Gasteiger partial charge in [0, 0.05) is 12.5 Å². The highest BCUT2D eigenvalue weighted by Crippen LogP contribution is 2.45. The first-order valence-corrected chi connectivity index (χ1v) is 33.1. The summed E-state index contributed by atoms with van der Waals surface area (Å²) < 4.78 is 78.8. The van der Waals surface area contributed by atoms with E-state index in [4.69, 9.17) is 56.2 Å². The Balaban J connectivity index is 1.15. The molecular formula is C62H76O16Si2. The van der Waals surface area contributed by atoms with Crippen molar-refractivity contribution >= 4 is 40.5 Å². The summed E-state index contributed by atoms with van der Waals surface area (Å²) in [6.07, 6.45) is -13.7. The molecule has 80 heavy (non-hydrogen) atoms. The molecule has 0 aliphatic carbocycles. The van der Waals surface area contributed by atoms with Gasteiger partial charge in [-0.05, 0) is 104 Å². The molecule has 0 amide bonds. The Morgan fingerprint density at radius 3 is 1.52 bits per heavy atom. The first-order chi connectivity index (χ1) is 37.9. The van der Waals surface area contributed by atoms with Crippen molar-refractivity contribution in [3.63, 3.8) is 0 Å². The quantitative estimate of drug-likeness (QED) is 0.0459. The Bertz CT molecular complexity index is 2880. The zero-order valence-electron chi connectivity index (χ0n) is 47.8. The Kier molecular flexibility index (Phi) is 18.9. The fourth-order valence-electron chi connectivity index (χ4n) is 8.91. The molecule has 428 valence electrons. The summed E-state index contributed by atoms with van der Waals surface area (Å²) in [5.41, 5.74) is 2.13. The van der Waals surface area contributed by atoms with Gasteiger partial charge in [-0.3, -0.25) is 4.79 Å². The van der Waals surface area contributed by atoms with Gasteiger partial charge in [-0.1, -0.05) is 133 Å². The summed E-state index contributed by atoms with van der Waals surface area (Å²) in [6.45, 7) is 24.9. The van der Waals surface area contributed by atoms with Gasteiger partial charge in [0.2, 0.25) is 0 Å². The molecule has 3 heterocycles. The van der Waals surface area contributed by atoms with E-state index in [2.05, 4.69) is 67.7 Å². The minimum atomic E-state index is -2.35. The first kappa shape index (κ1) is 59.9. The van der Waals surface area contributed by atoms with E-state index in [0.29, 0.717) is 23.5 Å². The largest absolute Gasteiger partial charge is 0.541 e. The zero-order chi connectivity index (χ0) is 57.6. The monoisotopic (exact) mass is 1130 g/mol. The Labute approximate surface area is 471 Å². The maximum absolute atomic E-state index is 14.3.